The molecule has 0 unspecified atom stereocenters. The predicted molar refractivity (Wildman–Crippen MR) is 87.3 cm³/mol. The van der Waals surface area contributed by atoms with Gasteiger partial charge in [0, 0.05) is 24.3 Å². The molecular weight excluding hydrogens is 260 g/mol. The smallest absolute Gasteiger partial charge is 0.253 e. The van der Waals surface area contributed by atoms with Crippen LogP contribution in [0.1, 0.15) is 28.4 Å². The maximum absolute atomic E-state index is 12.6. The molecule has 2 aromatic carbocycles. The van der Waals surface area contributed by atoms with Crippen molar-refractivity contribution in [3.63, 3.8) is 0 Å². The quantitative estimate of drug-likeness (QED) is 0.855. The molecule has 0 fully saturated rings. The van der Waals surface area contributed by atoms with E-state index in [1.54, 1.807) is 6.07 Å². The van der Waals surface area contributed by atoms with Crippen LogP contribution in [0.5, 0.6) is 0 Å². The first-order valence-electron chi connectivity index (χ1n) is 7.30. The molecule has 2 N–H and O–H groups in total. The Labute approximate surface area is 126 Å². The highest BCUT2D eigenvalue weighted by Gasteiger charge is 2.14. The summed E-state index contributed by atoms with van der Waals surface area (Å²) < 4.78 is 0. The van der Waals surface area contributed by atoms with E-state index in [1.165, 1.54) is 5.56 Å². The number of benzene rings is 2. The third-order valence-electron chi connectivity index (χ3n) is 3.53. The molecule has 21 heavy (non-hydrogen) atoms. The predicted octanol–water partition coefficient (Wildman–Crippen LogP) is 3.28. The molecule has 110 valence electrons. The molecular formula is C18H22N2O. The summed E-state index contributed by atoms with van der Waals surface area (Å²) in [6.45, 7) is 5.36. The molecule has 0 atom stereocenters. The van der Waals surface area contributed by atoms with Crippen LogP contribution in [0, 0.1) is 6.92 Å². The lowest BCUT2D eigenvalue weighted by atomic mass is 10.1. The number of hydrogen-bond acceptors (Lipinski definition) is 2. The van der Waals surface area contributed by atoms with Crippen LogP contribution < -0.4 is 5.73 Å². The zero-order valence-corrected chi connectivity index (χ0v) is 12.7. The number of aryl methyl sites for hydroxylation is 1. The van der Waals surface area contributed by atoms with E-state index in [1.807, 2.05) is 49.1 Å². The molecule has 0 aliphatic carbocycles. The van der Waals surface area contributed by atoms with Gasteiger partial charge >= 0.3 is 0 Å². The summed E-state index contributed by atoms with van der Waals surface area (Å²) in [6.07, 6.45) is 0.863. The molecule has 1 amide bonds. The number of amides is 1. The van der Waals surface area contributed by atoms with E-state index in [4.69, 9.17) is 5.73 Å². The Morgan fingerprint density at radius 3 is 2.48 bits per heavy atom. The van der Waals surface area contributed by atoms with E-state index in [9.17, 15) is 4.79 Å². The normalized spacial score (nSPS) is 10.4. The molecule has 0 heterocycles. The number of hydrogen-bond donors (Lipinski definition) is 1. The first kappa shape index (κ1) is 15.1. The van der Waals surface area contributed by atoms with Gasteiger partial charge < -0.3 is 10.6 Å². The zero-order valence-electron chi connectivity index (χ0n) is 12.7. The van der Waals surface area contributed by atoms with Crippen LogP contribution >= 0.6 is 0 Å². The highest BCUT2D eigenvalue weighted by molar-refractivity contribution is 5.95. The Kier molecular flexibility index (Phi) is 4.99. The van der Waals surface area contributed by atoms with Crippen molar-refractivity contribution in [2.24, 2.45) is 0 Å². The second-order valence-electron chi connectivity index (χ2n) is 5.25. The van der Waals surface area contributed by atoms with Gasteiger partial charge in [-0.25, -0.2) is 0 Å². The first-order chi connectivity index (χ1) is 10.1. The Balaban J connectivity index is 2.08. The fourth-order valence-electron chi connectivity index (χ4n) is 2.43. The van der Waals surface area contributed by atoms with Crippen LogP contribution in [-0.2, 0) is 6.42 Å². The van der Waals surface area contributed by atoms with Crippen molar-refractivity contribution in [2.75, 3.05) is 18.8 Å². The monoisotopic (exact) mass is 282 g/mol. The van der Waals surface area contributed by atoms with E-state index >= 15 is 0 Å². The fourth-order valence-corrected chi connectivity index (χ4v) is 2.43. The highest BCUT2D eigenvalue weighted by Crippen LogP contribution is 2.14. The summed E-state index contributed by atoms with van der Waals surface area (Å²) in [6, 6.07) is 15.7. The lowest BCUT2D eigenvalue weighted by molar-refractivity contribution is 0.0766. The summed E-state index contributed by atoms with van der Waals surface area (Å²) in [7, 11) is 0. The van der Waals surface area contributed by atoms with Crippen molar-refractivity contribution in [1.29, 1.82) is 0 Å². The lowest BCUT2D eigenvalue weighted by Crippen LogP contribution is -2.32. The van der Waals surface area contributed by atoms with Gasteiger partial charge in [0.05, 0.1) is 0 Å². The van der Waals surface area contributed by atoms with E-state index < -0.39 is 0 Å². The van der Waals surface area contributed by atoms with Crippen molar-refractivity contribution in [2.45, 2.75) is 20.3 Å². The van der Waals surface area contributed by atoms with Gasteiger partial charge in [0.15, 0.2) is 0 Å². The van der Waals surface area contributed by atoms with Crippen molar-refractivity contribution >= 4 is 11.6 Å². The molecule has 0 aliphatic heterocycles. The number of likely N-dealkylation sites (N-methyl/N-ethyl adjacent to an activating group) is 1. The molecule has 0 aliphatic rings. The van der Waals surface area contributed by atoms with Gasteiger partial charge in [-0.1, -0.05) is 30.3 Å². The third kappa shape index (κ3) is 4.09. The Bertz CT molecular complexity index is 588. The van der Waals surface area contributed by atoms with Crippen LogP contribution in [0.25, 0.3) is 0 Å². The minimum Gasteiger partial charge on any atom is -0.399 e. The minimum atomic E-state index is 0.0452. The second kappa shape index (κ2) is 6.93. The highest BCUT2D eigenvalue weighted by atomic mass is 16.2. The van der Waals surface area contributed by atoms with Gasteiger partial charge in [-0.05, 0) is 49.6 Å². The van der Waals surface area contributed by atoms with Crippen molar-refractivity contribution in [3.05, 3.63) is 65.2 Å². The van der Waals surface area contributed by atoms with Crippen LogP contribution in [-0.4, -0.2) is 23.9 Å². The Hall–Kier alpha value is -2.29. The molecule has 2 aromatic rings. The molecule has 0 radical (unpaired) electrons. The van der Waals surface area contributed by atoms with Gasteiger partial charge in [0.2, 0.25) is 0 Å². The first-order valence-corrected chi connectivity index (χ1v) is 7.30. The van der Waals surface area contributed by atoms with Crippen molar-refractivity contribution in [1.82, 2.24) is 4.90 Å². The molecule has 0 saturated heterocycles. The average Bonchev–Trinajstić information content (AvgIpc) is 2.47. The third-order valence-corrected chi connectivity index (χ3v) is 3.53. The molecule has 0 saturated carbocycles. The van der Waals surface area contributed by atoms with E-state index in [-0.39, 0.29) is 5.91 Å². The van der Waals surface area contributed by atoms with E-state index in [2.05, 4.69) is 12.1 Å². The molecule has 2 rings (SSSR count). The van der Waals surface area contributed by atoms with Crippen LogP contribution in [0.3, 0.4) is 0 Å². The van der Waals surface area contributed by atoms with Gasteiger partial charge in [-0.3, -0.25) is 4.79 Å². The second-order valence-corrected chi connectivity index (χ2v) is 5.25. The summed E-state index contributed by atoms with van der Waals surface area (Å²) in [4.78, 5) is 14.4. The summed E-state index contributed by atoms with van der Waals surface area (Å²) in [5, 5.41) is 0. The molecule has 3 nitrogen and oxygen atoms in total. The summed E-state index contributed by atoms with van der Waals surface area (Å²) in [5.74, 6) is 0.0452. The number of nitrogen functional groups attached to an aromatic ring is 1. The molecule has 0 spiro atoms. The molecule has 3 heteroatoms. The van der Waals surface area contributed by atoms with Gasteiger partial charge in [-0.15, -0.1) is 0 Å². The molecule has 0 bridgehead atoms. The van der Waals surface area contributed by atoms with Gasteiger partial charge in [0.1, 0.15) is 0 Å². The Morgan fingerprint density at radius 1 is 1.14 bits per heavy atom. The molecule has 0 aromatic heterocycles. The zero-order chi connectivity index (χ0) is 15.2. The van der Waals surface area contributed by atoms with Crippen LogP contribution in [0.2, 0.25) is 0 Å². The minimum absolute atomic E-state index is 0.0452. The summed E-state index contributed by atoms with van der Waals surface area (Å²) in [5.41, 5.74) is 9.39. The topological polar surface area (TPSA) is 46.3 Å². The van der Waals surface area contributed by atoms with Crippen molar-refractivity contribution < 1.29 is 4.79 Å². The number of carbonyl (C=O) groups excluding carboxylic acids is 1. The van der Waals surface area contributed by atoms with Gasteiger partial charge in [0.25, 0.3) is 5.91 Å². The lowest BCUT2D eigenvalue weighted by Gasteiger charge is -2.21. The van der Waals surface area contributed by atoms with E-state index in [0.29, 0.717) is 24.3 Å². The van der Waals surface area contributed by atoms with E-state index in [0.717, 1.165) is 12.0 Å². The number of anilines is 1. The maximum atomic E-state index is 12.6. The Morgan fingerprint density at radius 2 is 1.86 bits per heavy atom. The number of carbonyl (C=O) groups is 1. The number of nitrogens with zero attached hydrogens (tertiary/aromatic N) is 1. The summed E-state index contributed by atoms with van der Waals surface area (Å²) >= 11 is 0. The van der Waals surface area contributed by atoms with Crippen molar-refractivity contribution in [3.8, 4) is 0 Å². The average molecular weight is 282 g/mol. The van der Waals surface area contributed by atoms with Crippen LogP contribution in [0.15, 0.2) is 48.5 Å². The number of nitrogens with two attached hydrogens (primary N) is 1. The van der Waals surface area contributed by atoms with Crippen LogP contribution in [0.4, 0.5) is 5.69 Å². The standard InChI is InChI=1S/C18H22N2O/c1-3-20(10-9-15-7-5-4-6-8-15)18(21)16-11-14(2)12-17(19)13-16/h4-8,11-13H,3,9-10,19H2,1-2H3. The largest absolute Gasteiger partial charge is 0.399 e. The SMILES string of the molecule is CCN(CCc1ccccc1)C(=O)c1cc(C)cc(N)c1. The number of rotatable bonds is 5. The fraction of sp³-hybridized carbons (Fsp3) is 0.278. The maximum Gasteiger partial charge on any atom is 0.253 e. The van der Waals surface area contributed by atoms with Gasteiger partial charge in [-0.2, -0.15) is 0 Å².